The number of piperidine rings is 2. The first kappa shape index (κ1) is 38.6. The number of hydrogen-bond donors (Lipinski definition) is 8. The van der Waals surface area contributed by atoms with Crippen molar-refractivity contribution in [1.82, 2.24) is 31.1 Å². The van der Waals surface area contributed by atoms with Crippen LogP contribution in [0.5, 0.6) is 11.5 Å². The number of nitrogens with zero attached hydrogens (tertiary/aromatic N) is 2. The topological polar surface area (TPSA) is 258 Å². The third kappa shape index (κ3) is 7.23. The zero-order valence-corrected chi connectivity index (χ0v) is 30.6. The Bertz CT molecular complexity index is 1720. The highest BCUT2D eigenvalue weighted by atomic mass is 16.6. The highest BCUT2D eigenvalue weighted by Crippen LogP contribution is 2.65. The summed E-state index contributed by atoms with van der Waals surface area (Å²) in [6.45, 7) is 0.934. The van der Waals surface area contributed by atoms with Gasteiger partial charge in [0.15, 0.2) is 23.6 Å². The molecule has 6 atom stereocenters. The molecular weight excluding hydrogens is 704 g/mol. The molecule has 2 saturated heterocycles. The highest BCUT2D eigenvalue weighted by Gasteiger charge is 2.72. The Morgan fingerprint density at radius 3 is 2.67 bits per heavy atom. The summed E-state index contributed by atoms with van der Waals surface area (Å²) in [5.74, 6) is -2.19. The predicted octanol–water partition coefficient (Wildman–Crippen LogP) is -0.581. The number of benzene rings is 1. The molecule has 1 aromatic carbocycles. The maximum absolute atomic E-state index is 14.0. The minimum Gasteiger partial charge on any atom is -0.493 e. The molecule has 6 rings (SSSR count). The molecule has 0 saturated carbocycles. The first-order chi connectivity index (χ1) is 25.8. The number of aliphatic carboxylic acids is 1. The van der Waals surface area contributed by atoms with Gasteiger partial charge in [-0.15, -0.1) is 0 Å². The number of methoxy groups -OCH3 is 1. The zero-order chi connectivity index (χ0) is 38.8. The molecule has 54 heavy (non-hydrogen) atoms. The fourth-order valence-corrected chi connectivity index (χ4v) is 8.96. The second kappa shape index (κ2) is 15.7. The normalized spacial score (nSPS) is 26.9. The molecule has 3 heterocycles. The van der Waals surface area contributed by atoms with Crippen LogP contribution >= 0.6 is 0 Å². The molecule has 0 unspecified atom stereocenters. The van der Waals surface area contributed by atoms with Crippen molar-refractivity contribution in [3.05, 3.63) is 35.1 Å². The molecule has 2 fully saturated rings. The van der Waals surface area contributed by atoms with Crippen LogP contribution in [0.4, 0.5) is 4.79 Å². The number of guanidine groups is 1. The molecule has 1 spiro atoms. The number of rotatable bonds is 14. The lowest BCUT2D eigenvalue weighted by molar-refractivity contribution is -0.163. The zero-order valence-electron chi connectivity index (χ0n) is 30.6. The Kier molecular flexibility index (Phi) is 11.2. The van der Waals surface area contributed by atoms with Gasteiger partial charge in [0, 0.05) is 37.7 Å². The number of nitrogens with two attached hydrogens (primary N) is 1. The summed E-state index contributed by atoms with van der Waals surface area (Å²) >= 11 is 0. The maximum atomic E-state index is 14.0. The molecule has 2 bridgehead atoms. The average molecular weight is 755 g/mol. The Balaban J connectivity index is 1.13. The van der Waals surface area contributed by atoms with Gasteiger partial charge in [-0.1, -0.05) is 6.07 Å². The fourth-order valence-electron chi connectivity index (χ4n) is 8.96. The number of nitrogens with one attached hydrogen (secondary N) is 5. The van der Waals surface area contributed by atoms with Crippen molar-refractivity contribution in [2.45, 2.75) is 93.0 Å². The summed E-state index contributed by atoms with van der Waals surface area (Å²) in [4.78, 5) is 66.4. The molecule has 294 valence electrons. The third-order valence-corrected chi connectivity index (χ3v) is 11.5. The van der Waals surface area contributed by atoms with E-state index in [1.54, 1.807) is 18.1 Å². The monoisotopic (exact) mass is 754 g/mol. The smallest absolute Gasteiger partial charge is 0.415 e. The summed E-state index contributed by atoms with van der Waals surface area (Å²) < 4.78 is 18.5. The van der Waals surface area contributed by atoms with E-state index in [1.807, 2.05) is 19.2 Å². The predicted molar refractivity (Wildman–Crippen MR) is 192 cm³/mol. The second-order valence-corrected chi connectivity index (χ2v) is 14.7. The summed E-state index contributed by atoms with van der Waals surface area (Å²) in [6, 6.07) is 2.31. The van der Waals surface area contributed by atoms with Crippen molar-refractivity contribution in [1.29, 1.82) is 5.41 Å². The van der Waals surface area contributed by atoms with Crippen LogP contribution in [-0.2, 0) is 35.8 Å². The van der Waals surface area contributed by atoms with Crippen molar-refractivity contribution in [2.24, 2.45) is 5.73 Å². The molecule has 0 aromatic heterocycles. The first-order valence-electron chi connectivity index (χ1n) is 18.4. The van der Waals surface area contributed by atoms with Gasteiger partial charge in [0.05, 0.1) is 30.7 Å². The van der Waals surface area contributed by atoms with E-state index in [4.69, 9.17) is 30.5 Å². The minimum atomic E-state index is -1.34. The molecule has 5 aliphatic rings. The maximum Gasteiger partial charge on any atom is 0.415 e. The summed E-state index contributed by atoms with van der Waals surface area (Å²) in [5.41, 5.74) is 5.38. The van der Waals surface area contributed by atoms with E-state index < -0.39 is 72.0 Å². The lowest BCUT2D eigenvalue weighted by Gasteiger charge is -2.61. The minimum absolute atomic E-state index is 0.0734. The number of carboxylic acids is 1. The van der Waals surface area contributed by atoms with Gasteiger partial charge in [-0.05, 0) is 76.2 Å². The SMILES string of the molecule is COc1ccc2c3c1O[C@H]1C(OC(=O)N4CCCC[C@@H]4CNC(=O)[C@H](CCCNC(=N)N)NC(=O)CNC(=O)CC(=O)O)=CC[C@@]4(O)[C@@H](C2)N(C)CC[C@]314. The number of likely N-dealkylation sites (tertiary alicyclic amines) is 2. The van der Waals surface area contributed by atoms with E-state index in [0.29, 0.717) is 49.5 Å². The van der Waals surface area contributed by atoms with Crippen molar-refractivity contribution in [3.8, 4) is 11.5 Å². The largest absolute Gasteiger partial charge is 0.493 e. The van der Waals surface area contributed by atoms with Gasteiger partial charge in [0.25, 0.3) is 0 Å². The lowest BCUT2D eigenvalue weighted by atomic mass is 9.50. The number of carbonyl (C=O) groups is 5. The highest BCUT2D eigenvalue weighted by molar-refractivity contribution is 5.95. The molecule has 0 radical (unpaired) electrons. The van der Waals surface area contributed by atoms with Crippen molar-refractivity contribution >= 4 is 35.7 Å². The third-order valence-electron chi connectivity index (χ3n) is 11.5. The number of aliphatic hydroxyl groups is 1. The van der Waals surface area contributed by atoms with Crippen LogP contribution in [0.3, 0.4) is 0 Å². The van der Waals surface area contributed by atoms with Gasteiger partial charge in [0.2, 0.25) is 17.7 Å². The van der Waals surface area contributed by atoms with Gasteiger partial charge < -0.3 is 61.2 Å². The Morgan fingerprint density at radius 2 is 1.93 bits per heavy atom. The van der Waals surface area contributed by atoms with E-state index in [9.17, 15) is 29.1 Å². The standard InChI is InChI=1S/C36H50N8O10/c1-43-15-12-35-29-20-8-9-23(52-2)30(29)54-31(35)24(10-11-36(35,51)25(43)16-20)53-34(50)44-14-4-3-6-21(44)18-41-32(49)22(7-5-13-39-33(37)38)42-27(46)19-40-26(45)17-28(47)48/h8-10,21-22,25,31,51H,3-7,11-19H2,1-2H3,(H,40,45)(H,41,49)(H,42,46)(H,47,48)(H4,37,38,39)/t21-,22+,25-,31+,35+,36-/m1/s1. The number of amides is 4. The summed E-state index contributed by atoms with van der Waals surface area (Å²) in [5, 5.41) is 38.9. The second-order valence-electron chi connectivity index (χ2n) is 14.7. The molecule has 18 nitrogen and oxygen atoms in total. The van der Waals surface area contributed by atoms with Crippen LogP contribution < -0.4 is 36.5 Å². The van der Waals surface area contributed by atoms with Crippen LogP contribution in [-0.4, -0.2) is 132 Å². The van der Waals surface area contributed by atoms with E-state index in [-0.39, 0.29) is 37.9 Å². The lowest BCUT2D eigenvalue weighted by Crippen LogP contribution is -2.74. The molecule has 4 amide bonds. The van der Waals surface area contributed by atoms with Crippen LogP contribution in [0.15, 0.2) is 24.0 Å². The Hall–Kier alpha value is -5.10. The Labute approximate surface area is 312 Å². The van der Waals surface area contributed by atoms with Crippen LogP contribution in [0.1, 0.15) is 62.5 Å². The fraction of sp³-hybridized carbons (Fsp3) is 0.611. The molecular formula is C36H50N8O10. The Morgan fingerprint density at radius 1 is 1.13 bits per heavy atom. The van der Waals surface area contributed by atoms with Crippen molar-refractivity contribution < 1.29 is 48.4 Å². The quantitative estimate of drug-likeness (QED) is 0.0513. The molecule has 1 aromatic rings. The number of ether oxygens (including phenoxy) is 3. The van der Waals surface area contributed by atoms with Gasteiger partial charge in [-0.3, -0.25) is 24.6 Å². The van der Waals surface area contributed by atoms with Crippen molar-refractivity contribution in [3.63, 3.8) is 0 Å². The number of carboxylic acid groups (broad SMARTS) is 1. The summed E-state index contributed by atoms with van der Waals surface area (Å²) in [6.07, 6.45) is 3.81. The molecule has 2 aliphatic carbocycles. The van der Waals surface area contributed by atoms with Gasteiger partial charge in [0.1, 0.15) is 18.2 Å². The van der Waals surface area contributed by atoms with Gasteiger partial charge in [-0.2, -0.15) is 0 Å². The number of likely N-dealkylation sites (N-methyl/N-ethyl adjacent to an activating group) is 1. The number of hydrogen-bond acceptors (Lipinski definition) is 11. The molecule has 18 heteroatoms. The number of carbonyl (C=O) groups excluding carboxylic acids is 4. The van der Waals surface area contributed by atoms with Gasteiger partial charge in [-0.25, -0.2) is 4.79 Å². The summed E-state index contributed by atoms with van der Waals surface area (Å²) in [7, 11) is 3.60. The average Bonchev–Trinajstić information content (AvgIpc) is 3.49. The van der Waals surface area contributed by atoms with Crippen LogP contribution in [0, 0.1) is 5.41 Å². The van der Waals surface area contributed by atoms with Crippen LogP contribution in [0.25, 0.3) is 0 Å². The first-order valence-corrected chi connectivity index (χ1v) is 18.4. The van der Waals surface area contributed by atoms with E-state index in [2.05, 4.69) is 26.2 Å². The molecule has 3 aliphatic heterocycles. The molecule has 9 N–H and O–H groups in total. The van der Waals surface area contributed by atoms with E-state index >= 15 is 0 Å². The van der Waals surface area contributed by atoms with Crippen LogP contribution in [0.2, 0.25) is 0 Å². The van der Waals surface area contributed by atoms with E-state index in [0.717, 1.165) is 30.5 Å². The van der Waals surface area contributed by atoms with Gasteiger partial charge >= 0.3 is 12.1 Å². The van der Waals surface area contributed by atoms with Crippen molar-refractivity contribution in [2.75, 3.05) is 46.9 Å². The van der Waals surface area contributed by atoms with E-state index in [1.165, 1.54) is 0 Å².